The van der Waals surface area contributed by atoms with E-state index in [1.54, 1.807) is 6.92 Å². The van der Waals surface area contributed by atoms with E-state index in [1.807, 2.05) is 6.08 Å². The van der Waals surface area contributed by atoms with Crippen molar-refractivity contribution in [3.8, 4) is 0 Å². The van der Waals surface area contributed by atoms with Gasteiger partial charge in [0.25, 0.3) is 0 Å². The first kappa shape index (κ1) is 13.0. The normalized spacial score (nSPS) is 22.7. The number of nitrogens with one attached hydrogen (secondary N) is 1. The molecule has 0 saturated heterocycles. The number of oxime groups is 1. The molecule has 5 nitrogen and oxygen atoms in total. The van der Waals surface area contributed by atoms with Crippen molar-refractivity contribution in [1.29, 1.82) is 0 Å². The van der Waals surface area contributed by atoms with E-state index in [9.17, 15) is 4.79 Å². The van der Waals surface area contributed by atoms with Gasteiger partial charge in [0.2, 0.25) is 0 Å². The number of carbonyl (C=O) groups excluding carboxylic acids is 1. The van der Waals surface area contributed by atoms with Gasteiger partial charge in [-0.15, -0.1) is 0 Å². The van der Waals surface area contributed by atoms with Crippen LogP contribution in [0.15, 0.2) is 16.8 Å². The maximum atomic E-state index is 11.7. The van der Waals surface area contributed by atoms with Crippen LogP contribution in [0.3, 0.4) is 0 Å². The van der Waals surface area contributed by atoms with E-state index in [4.69, 9.17) is 16.3 Å². The third-order valence-electron chi connectivity index (χ3n) is 2.03. The molecule has 0 fully saturated rings. The van der Waals surface area contributed by atoms with Crippen LogP contribution in [0.2, 0.25) is 0 Å². The summed E-state index contributed by atoms with van der Waals surface area (Å²) in [6.45, 7) is 2.32. The standard InChI is InChI=1S/C10H15ClN2O3/c1-7(11)16-10(14)9-8(6-13-15-2)4-3-5-12-9/h4,6-7,9,12H,3,5H2,1-2H3. The molecule has 0 saturated carbocycles. The average Bonchev–Trinajstić information content (AvgIpc) is 2.25. The van der Waals surface area contributed by atoms with Crippen molar-refractivity contribution in [3.05, 3.63) is 11.6 Å². The Morgan fingerprint density at radius 2 is 2.56 bits per heavy atom. The summed E-state index contributed by atoms with van der Waals surface area (Å²) in [5.41, 5.74) is 0.0901. The van der Waals surface area contributed by atoms with Gasteiger partial charge < -0.3 is 14.9 Å². The third-order valence-corrected chi connectivity index (χ3v) is 2.12. The summed E-state index contributed by atoms with van der Waals surface area (Å²) in [4.78, 5) is 16.2. The minimum Gasteiger partial charge on any atom is -0.445 e. The summed E-state index contributed by atoms with van der Waals surface area (Å²) >= 11 is 5.60. The molecule has 0 bridgehead atoms. The number of hydrogen-bond donors (Lipinski definition) is 1. The Bertz CT molecular complexity index is 302. The van der Waals surface area contributed by atoms with Crippen LogP contribution in [-0.2, 0) is 14.4 Å². The van der Waals surface area contributed by atoms with E-state index in [-0.39, 0.29) is 0 Å². The number of ether oxygens (including phenoxy) is 1. The number of carbonyl (C=O) groups is 1. The van der Waals surface area contributed by atoms with Crippen LogP contribution in [0.25, 0.3) is 0 Å². The fourth-order valence-electron chi connectivity index (χ4n) is 1.39. The SMILES string of the molecule is CON=CC1=CCCNC1C(=O)OC(C)Cl. The Morgan fingerprint density at radius 1 is 1.81 bits per heavy atom. The summed E-state index contributed by atoms with van der Waals surface area (Å²) in [7, 11) is 1.45. The maximum absolute atomic E-state index is 11.7. The zero-order valence-electron chi connectivity index (χ0n) is 9.27. The van der Waals surface area contributed by atoms with Crippen LogP contribution in [0, 0.1) is 0 Å². The lowest BCUT2D eigenvalue weighted by Gasteiger charge is -2.22. The summed E-state index contributed by atoms with van der Waals surface area (Å²) in [5, 5.41) is 6.67. The Hall–Kier alpha value is -1.07. The van der Waals surface area contributed by atoms with Gasteiger partial charge in [-0.1, -0.05) is 22.8 Å². The van der Waals surface area contributed by atoms with Crippen LogP contribution in [0.4, 0.5) is 0 Å². The molecule has 1 heterocycles. The molecule has 90 valence electrons. The molecule has 2 unspecified atom stereocenters. The highest BCUT2D eigenvalue weighted by atomic mass is 35.5. The van der Waals surface area contributed by atoms with E-state index in [2.05, 4.69) is 15.3 Å². The minimum atomic E-state index is -0.642. The largest absolute Gasteiger partial charge is 0.445 e. The lowest BCUT2D eigenvalue weighted by molar-refractivity contribution is -0.146. The number of alkyl halides is 1. The van der Waals surface area contributed by atoms with Crippen molar-refractivity contribution < 1.29 is 14.4 Å². The lowest BCUT2D eigenvalue weighted by Crippen LogP contribution is -2.43. The molecule has 0 aromatic rings. The summed E-state index contributed by atoms with van der Waals surface area (Å²) < 4.78 is 4.92. The first-order valence-corrected chi connectivity index (χ1v) is 5.43. The summed E-state index contributed by atoms with van der Waals surface area (Å²) in [5.74, 6) is -0.406. The van der Waals surface area contributed by atoms with Crippen LogP contribution >= 0.6 is 11.6 Å². The zero-order chi connectivity index (χ0) is 12.0. The second kappa shape index (κ2) is 6.50. The minimum absolute atomic E-state index is 0.406. The maximum Gasteiger partial charge on any atom is 0.329 e. The quantitative estimate of drug-likeness (QED) is 0.348. The molecule has 16 heavy (non-hydrogen) atoms. The second-order valence-corrected chi connectivity index (χ2v) is 3.89. The Labute approximate surface area is 99.4 Å². The van der Waals surface area contributed by atoms with Crippen molar-refractivity contribution in [1.82, 2.24) is 5.32 Å². The van der Waals surface area contributed by atoms with Crippen molar-refractivity contribution in [2.45, 2.75) is 24.9 Å². The van der Waals surface area contributed by atoms with Gasteiger partial charge in [-0.25, -0.2) is 4.79 Å². The highest BCUT2D eigenvalue weighted by Crippen LogP contribution is 2.11. The molecule has 2 atom stereocenters. The van der Waals surface area contributed by atoms with Gasteiger partial charge in [0.1, 0.15) is 13.2 Å². The van der Waals surface area contributed by atoms with Crippen molar-refractivity contribution in [3.63, 3.8) is 0 Å². The van der Waals surface area contributed by atoms with Gasteiger partial charge in [-0.2, -0.15) is 0 Å². The fourth-order valence-corrected chi connectivity index (χ4v) is 1.48. The molecular formula is C10H15ClN2O3. The molecule has 1 aliphatic heterocycles. The first-order valence-electron chi connectivity index (χ1n) is 4.99. The Balaban J connectivity index is 2.69. The van der Waals surface area contributed by atoms with Crippen LogP contribution in [-0.4, -0.2) is 37.4 Å². The van der Waals surface area contributed by atoms with Gasteiger partial charge in [0, 0.05) is 0 Å². The van der Waals surface area contributed by atoms with Gasteiger partial charge in [-0.05, 0) is 25.5 Å². The summed E-state index contributed by atoms with van der Waals surface area (Å²) in [6.07, 6.45) is 4.26. The Kier molecular flexibility index (Phi) is 5.28. The predicted octanol–water partition coefficient (Wildman–Crippen LogP) is 1.03. The highest BCUT2D eigenvalue weighted by molar-refractivity contribution is 6.20. The van der Waals surface area contributed by atoms with E-state index in [0.29, 0.717) is 0 Å². The molecule has 0 radical (unpaired) electrons. The Morgan fingerprint density at radius 3 is 3.19 bits per heavy atom. The predicted molar refractivity (Wildman–Crippen MR) is 61.4 cm³/mol. The molecule has 1 aliphatic rings. The third kappa shape index (κ3) is 3.83. The highest BCUT2D eigenvalue weighted by Gasteiger charge is 2.26. The molecule has 1 N–H and O–H groups in total. The van der Waals surface area contributed by atoms with E-state index < -0.39 is 17.6 Å². The molecule has 1 rings (SSSR count). The second-order valence-electron chi connectivity index (χ2n) is 3.28. The van der Waals surface area contributed by atoms with Crippen molar-refractivity contribution in [2.75, 3.05) is 13.7 Å². The molecule has 0 aromatic heterocycles. The zero-order valence-corrected chi connectivity index (χ0v) is 10.0. The smallest absolute Gasteiger partial charge is 0.329 e. The monoisotopic (exact) mass is 246 g/mol. The average molecular weight is 247 g/mol. The van der Waals surface area contributed by atoms with E-state index in [1.165, 1.54) is 13.3 Å². The molecule has 0 spiro atoms. The molecule has 0 aromatic carbocycles. The molecule has 0 amide bonds. The molecule has 6 heteroatoms. The van der Waals surface area contributed by atoms with E-state index >= 15 is 0 Å². The number of halogens is 1. The lowest BCUT2D eigenvalue weighted by atomic mass is 10.0. The molecule has 0 aliphatic carbocycles. The van der Waals surface area contributed by atoms with Gasteiger partial charge in [0.05, 0.1) is 6.21 Å². The number of esters is 1. The molecular weight excluding hydrogens is 232 g/mol. The van der Waals surface area contributed by atoms with Crippen LogP contribution in [0.1, 0.15) is 13.3 Å². The van der Waals surface area contributed by atoms with Crippen molar-refractivity contribution >= 4 is 23.8 Å². The first-order chi connectivity index (χ1) is 7.65. The van der Waals surface area contributed by atoms with Crippen LogP contribution < -0.4 is 5.32 Å². The van der Waals surface area contributed by atoms with Crippen LogP contribution in [0.5, 0.6) is 0 Å². The van der Waals surface area contributed by atoms with Gasteiger partial charge in [-0.3, -0.25) is 0 Å². The van der Waals surface area contributed by atoms with E-state index in [0.717, 1.165) is 18.5 Å². The fraction of sp³-hybridized carbons (Fsp3) is 0.600. The van der Waals surface area contributed by atoms with Crippen molar-refractivity contribution in [2.24, 2.45) is 5.16 Å². The van der Waals surface area contributed by atoms with Gasteiger partial charge in [0.15, 0.2) is 5.56 Å². The topological polar surface area (TPSA) is 59.9 Å². The number of hydrogen-bond acceptors (Lipinski definition) is 5. The number of rotatable bonds is 4. The number of nitrogens with zero attached hydrogens (tertiary/aromatic N) is 1. The van der Waals surface area contributed by atoms with Gasteiger partial charge >= 0.3 is 5.97 Å². The summed E-state index contributed by atoms with van der Waals surface area (Å²) in [6, 6.07) is -0.520.